The molecule has 0 atom stereocenters. The van der Waals surface area contributed by atoms with Crippen molar-refractivity contribution >= 4 is 45.1 Å². The number of carbonyl (C=O) groups excluding carboxylic acids is 2. The molecule has 2 fully saturated rings. The molecule has 0 aliphatic carbocycles. The van der Waals surface area contributed by atoms with Crippen LogP contribution in [0.5, 0.6) is 0 Å². The highest BCUT2D eigenvalue weighted by Gasteiger charge is 2.38. The topological polar surface area (TPSA) is 90.0 Å². The molecule has 55 heavy (non-hydrogen) atoms. The second kappa shape index (κ2) is 20.8. The van der Waals surface area contributed by atoms with E-state index in [2.05, 4.69) is 74.0 Å². The molecule has 0 radical (unpaired) electrons. The van der Waals surface area contributed by atoms with Gasteiger partial charge in [0.25, 0.3) is 5.91 Å². The van der Waals surface area contributed by atoms with Crippen LogP contribution >= 0.6 is 27.3 Å². The number of piperidine rings is 2. The van der Waals surface area contributed by atoms with E-state index >= 15 is 0 Å². The Kier molecular flexibility index (Phi) is 15.9. The molecule has 0 saturated carbocycles. The van der Waals surface area contributed by atoms with Crippen LogP contribution in [0.2, 0.25) is 0 Å². The van der Waals surface area contributed by atoms with Crippen LogP contribution in [0.15, 0.2) is 94.8 Å². The van der Waals surface area contributed by atoms with Gasteiger partial charge >= 0.3 is 12.1 Å². The minimum absolute atomic E-state index is 0.119. The van der Waals surface area contributed by atoms with Gasteiger partial charge in [0.05, 0.1) is 6.42 Å². The number of thiophene rings is 1. The Morgan fingerprint density at radius 1 is 0.836 bits per heavy atom. The van der Waals surface area contributed by atoms with Gasteiger partial charge < -0.3 is 20.2 Å². The minimum atomic E-state index is -5.08. The molecular formula is C43H49BrF3N3O4S. The van der Waals surface area contributed by atoms with Crippen LogP contribution < -0.4 is 5.32 Å². The monoisotopic (exact) mass is 839 g/mol. The Morgan fingerprint density at radius 3 is 2.13 bits per heavy atom. The fourth-order valence-corrected chi connectivity index (χ4v) is 8.44. The molecule has 6 rings (SSSR count). The molecule has 0 unspecified atom stereocenters. The summed E-state index contributed by atoms with van der Waals surface area (Å²) in [6.45, 7) is 5.27. The lowest BCUT2D eigenvalue weighted by Crippen LogP contribution is -2.38. The maximum Gasteiger partial charge on any atom is 0.490 e. The molecule has 12 heteroatoms. The van der Waals surface area contributed by atoms with Crippen LogP contribution in [-0.4, -0.2) is 71.6 Å². The quantitative estimate of drug-likeness (QED) is 0.140. The summed E-state index contributed by atoms with van der Waals surface area (Å²) in [4.78, 5) is 41.4. The Balaban J connectivity index is 0.000000757. The molecule has 4 aromatic rings. The summed E-state index contributed by atoms with van der Waals surface area (Å²) in [6, 6.07) is 28.7. The van der Waals surface area contributed by atoms with E-state index in [1.54, 1.807) is 11.3 Å². The second-order valence-electron chi connectivity index (χ2n) is 14.4. The van der Waals surface area contributed by atoms with Crippen molar-refractivity contribution in [3.63, 3.8) is 0 Å². The van der Waals surface area contributed by atoms with Crippen LogP contribution in [-0.2, 0) is 29.0 Å². The third kappa shape index (κ3) is 13.6. The molecule has 294 valence electrons. The third-order valence-electron chi connectivity index (χ3n) is 10.4. The highest BCUT2D eigenvalue weighted by atomic mass is 79.9. The van der Waals surface area contributed by atoms with Crippen LogP contribution in [0.4, 0.5) is 13.2 Å². The molecular weight excluding hydrogens is 791 g/mol. The number of hydrogen-bond acceptors (Lipinski definition) is 5. The van der Waals surface area contributed by atoms with Gasteiger partial charge in [-0.25, -0.2) is 4.79 Å². The van der Waals surface area contributed by atoms with Gasteiger partial charge in [0.15, 0.2) is 0 Å². The van der Waals surface area contributed by atoms with Gasteiger partial charge in [0, 0.05) is 41.1 Å². The van der Waals surface area contributed by atoms with Gasteiger partial charge in [0.2, 0.25) is 5.91 Å². The maximum absolute atomic E-state index is 13.6. The fourth-order valence-electron chi connectivity index (χ4n) is 7.30. The number of benzene rings is 3. The minimum Gasteiger partial charge on any atom is -0.475 e. The van der Waals surface area contributed by atoms with E-state index in [4.69, 9.17) is 9.90 Å². The zero-order valence-electron chi connectivity index (χ0n) is 30.9. The number of carbonyl (C=O) groups is 3. The van der Waals surface area contributed by atoms with E-state index in [1.165, 1.54) is 50.1 Å². The number of halogens is 4. The molecule has 0 spiro atoms. The molecule has 2 aliphatic rings. The summed E-state index contributed by atoms with van der Waals surface area (Å²) < 4.78 is 32.7. The van der Waals surface area contributed by atoms with Crippen molar-refractivity contribution in [2.24, 2.45) is 11.8 Å². The summed E-state index contributed by atoms with van der Waals surface area (Å²) in [5, 5.41) is 12.7. The number of amides is 2. The number of nitrogens with zero attached hydrogens (tertiary/aromatic N) is 2. The Labute approximate surface area is 334 Å². The standard InChI is InChI=1S/C41H48BrN3O2S.C2HF3O2/c42-38-13-3-8-33(27-38)28-40(46)45(24-19-39-14-5-25-48-39)30-34-9-2-10-35(26-34)36-11-4-12-37(29-36)41(47)44-22-17-32(18-23-44)7-1-6-31-15-20-43-21-16-31;3-2(4,5)1(6)7/h2-5,8-14,25-27,29,31-32,43H,1,6-7,15-24,28,30H2;(H,6,7). The lowest BCUT2D eigenvalue weighted by atomic mass is 9.87. The van der Waals surface area contributed by atoms with Crippen LogP contribution in [0.25, 0.3) is 11.1 Å². The van der Waals surface area contributed by atoms with Crippen LogP contribution in [0.1, 0.15) is 71.3 Å². The largest absolute Gasteiger partial charge is 0.490 e. The number of nitrogens with one attached hydrogen (secondary N) is 1. The third-order valence-corrected chi connectivity index (χ3v) is 11.8. The number of aliphatic carboxylic acids is 1. The van der Waals surface area contributed by atoms with Crippen molar-refractivity contribution in [2.75, 3.05) is 32.7 Å². The fraction of sp³-hybridized carbons (Fsp3) is 0.419. The predicted octanol–water partition coefficient (Wildman–Crippen LogP) is 9.65. The summed E-state index contributed by atoms with van der Waals surface area (Å²) in [6.07, 6.45) is 5.00. The number of carboxylic acids is 1. The molecule has 3 heterocycles. The van der Waals surface area contributed by atoms with E-state index in [-0.39, 0.29) is 11.8 Å². The lowest BCUT2D eigenvalue weighted by Gasteiger charge is -2.32. The number of carboxylic acid groups (broad SMARTS) is 1. The summed E-state index contributed by atoms with van der Waals surface area (Å²) >= 11 is 5.27. The summed E-state index contributed by atoms with van der Waals surface area (Å²) in [5.41, 5.74) is 4.93. The first-order valence-electron chi connectivity index (χ1n) is 19.0. The summed E-state index contributed by atoms with van der Waals surface area (Å²) in [5.74, 6) is -0.850. The molecule has 3 aromatic carbocycles. The molecule has 2 amide bonds. The molecule has 2 saturated heterocycles. The van der Waals surface area contributed by atoms with E-state index in [1.807, 2.05) is 47.4 Å². The van der Waals surface area contributed by atoms with E-state index in [0.29, 0.717) is 19.5 Å². The first kappa shape index (κ1) is 42.1. The van der Waals surface area contributed by atoms with E-state index in [0.717, 1.165) is 76.5 Å². The molecule has 0 bridgehead atoms. The van der Waals surface area contributed by atoms with Crippen molar-refractivity contribution in [2.45, 2.75) is 70.5 Å². The SMILES string of the molecule is O=C(Cc1cccc(Br)c1)N(CCc1cccs1)Cc1cccc(-c2cccc(C(=O)N3CCC(CCCC4CCNCC4)CC3)c2)c1.O=C(O)C(F)(F)F. The Hall–Kier alpha value is -4.00. The highest BCUT2D eigenvalue weighted by molar-refractivity contribution is 9.10. The van der Waals surface area contributed by atoms with Gasteiger partial charge in [0.1, 0.15) is 0 Å². The van der Waals surface area contributed by atoms with Gasteiger partial charge in [-0.1, -0.05) is 83.7 Å². The van der Waals surface area contributed by atoms with Crippen molar-refractivity contribution in [1.29, 1.82) is 0 Å². The first-order chi connectivity index (χ1) is 26.4. The average Bonchev–Trinajstić information content (AvgIpc) is 3.71. The maximum atomic E-state index is 13.6. The van der Waals surface area contributed by atoms with Gasteiger partial charge in [-0.05, 0) is 121 Å². The Bertz CT molecular complexity index is 1840. The van der Waals surface area contributed by atoms with Gasteiger partial charge in [-0.2, -0.15) is 13.2 Å². The number of hydrogen-bond donors (Lipinski definition) is 2. The van der Waals surface area contributed by atoms with E-state index in [9.17, 15) is 22.8 Å². The normalized spacial score (nSPS) is 15.2. The van der Waals surface area contributed by atoms with E-state index < -0.39 is 12.1 Å². The van der Waals surface area contributed by atoms with Crippen molar-refractivity contribution in [3.05, 3.63) is 116 Å². The molecule has 2 N–H and O–H groups in total. The number of rotatable bonds is 13. The zero-order valence-corrected chi connectivity index (χ0v) is 33.3. The number of likely N-dealkylation sites (tertiary alicyclic amines) is 1. The van der Waals surface area contributed by atoms with Crippen molar-refractivity contribution in [1.82, 2.24) is 15.1 Å². The van der Waals surface area contributed by atoms with Crippen LogP contribution in [0.3, 0.4) is 0 Å². The van der Waals surface area contributed by atoms with Gasteiger partial charge in [-0.3, -0.25) is 9.59 Å². The van der Waals surface area contributed by atoms with Gasteiger partial charge in [-0.15, -0.1) is 11.3 Å². The van der Waals surface area contributed by atoms with Crippen LogP contribution in [0, 0.1) is 11.8 Å². The van der Waals surface area contributed by atoms with Crippen molar-refractivity contribution < 1.29 is 32.7 Å². The second-order valence-corrected chi connectivity index (χ2v) is 16.3. The molecule has 2 aliphatic heterocycles. The predicted molar refractivity (Wildman–Crippen MR) is 215 cm³/mol. The zero-order chi connectivity index (χ0) is 39.2. The number of alkyl halides is 3. The first-order valence-corrected chi connectivity index (χ1v) is 20.7. The molecule has 1 aromatic heterocycles. The smallest absolute Gasteiger partial charge is 0.475 e. The molecule has 7 nitrogen and oxygen atoms in total. The highest BCUT2D eigenvalue weighted by Crippen LogP contribution is 2.28. The summed E-state index contributed by atoms with van der Waals surface area (Å²) in [7, 11) is 0. The van der Waals surface area contributed by atoms with Crippen molar-refractivity contribution in [3.8, 4) is 11.1 Å². The Morgan fingerprint density at radius 2 is 1.47 bits per heavy atom. The lowest BCUT2D eigenvalue weighted by molar-refractivity contribution is -0.192. The average molecular weight is 841 g/mol.